The molecule has 1 aromatic rings. The molecule has 3 rings (SSSR count). The van der Waals surface area contributed by atoms with Gasteiger partial charge in [-0.05, 0) is 56.8 Å². The third-order valence-electron chi connectivity index (χ3n) is 6.04. The molecule has 24 heavy (non-hydrogen) atoms. The van der Waals surface area contributed by atoms with E-state index in [1.807, 2.05) is 30.3 Å². The highest BCUT2D eigenvalue weighted by Crippen LogP contribution is 2.31. The summed E-state index contributed by atoms with van der Waals surface area (Å²) in [4.78, 5) is 15.3. The molecule has 0 atom stereocenters. The number of benzene rings is 1. The molecule has 1 saturated heterocycles. The number of carbonyl (C=O) groups is 1. The van der Waals surface area contributed by atoms with Crippen LogP contribution < -0.4 is 5.32 Å². The van der Waals surface area contributed by atoms with Crippen LogP contribution in [-0.4, -0.2) is 36.0 Å². The molecule has 0 radical (unpaired) electrons. The van der Waals surface area contributed by atoms with Crippen LogP contribution in [0.1, 0.15) is 68.6 Å². The summed E-state index contributed by atoms with van der Waals surface area (Å²) in [6, 6.07) is 9.68. The van der Waals surface area contributed by atoms with Crippen molar-refractivity contribution in [2.24, 2.45) is 5.92 Å². The zero-order valence-electron chi connectivity index (χ0n) is 15.1. The first-order valence-electron chi connectivity index (χ1n) is 9.81. The summed E-state index contributed by atoms with van der Waals surface area (Å²) >= 11 is 0. The molecule has 0 bridgehead atoms. The first kappa shape index (κ1) is 17.5. The van der Waals surface area contributed by atoms with Crippen molar-refractivity contribution in [1.29, 1.82) is 0 Å². The Bertz CT molecular complexity index is 514. The van der Waals surface area contributed by atoms with Gasteiger partial charge in [0.2, 0.25) is 0 Å². The Morgan fingerprint density at radius 3 is 2.42 bits per heavy atom. The average Bonchev–Trinajstić information content (AvgIpc) is 2.64. The van der Waals surface area contributed by atoms with E-state index in [-0.39, 0.29) is 11.4 Å². The smallest absolute Gasteiger partial charge is 0.251 e. The molecule has 1 N–H and O–H groups in total. The highest BCUT2D eigenvalue weighted by atomic mass is 16.1. The average molecular weight is 329 g/mol. The molecule has 1 saturated carbocycles. The Morgan fingerprint density at radius 2 is 1.79 bits per heavy atom. The van der Waals surface area contributed by atoms with Crippen LogP contribution in [0.15, 0.2) is 30.3 Å². The van der Waals surface area contributed by atoms with E-state index in [1.165, 1.54) is 51.6 Å². The van der Waals surface area contributed by atoms with Crippen molar-refractivity contribution in [2.75, 3.05) is 19.6 Å². The fourth-order valence-electron chi connectivity index (χ4n) is 4.43. The summed E-state index contributed by atoms with van der Waals surface area (Å²) in [7, 11) is 0. The van der Waals surface area contributed by atoms with Crippen LogP contribution >= 0.6 is 0 Å². The summed E-state index contributed by atoms with van der Waals surface area (Å²) < 4.78 is 0. The molecule has 3 heteroatoms. The number of piperidine rings is 1. The third-order valence-corrected chi connectivity index (χ3v) is 6.04. The van der Waals surface area contributed by atoms with Crippen LogP contribution in [0.3, 0.4) is 0 Å². The zero-order valence-corrected chi connectivity index (χ0v) is 15.1. The van der Waals surface area contributed by atoms with E-state index in [4.69, 9.17) is 0 Å². The SMILES string of the molecule is CCC1CCN(CC2(NC(=O)c3ccccc3)CCCCC2)CC1. The van der Waals surface area contributed by atoms with Gasteiger partial charge in [-0.1, -0.05) is 50.8 Å². The lowest BCUT2D eigenvalue weighted by atomic mass is 9.80. The molecule has 2 fully saturated rings. The van der Waals surface area contributed by atoms with E-state index in [1.54, 1.807) is 0 Å². The molecule has 0 aromatic heterocycles. The van der Waals surface area contributed by atoms with E-state index in [9.17, 15) is 4.79 Å². The second-order valence-corrected chi connectivity index (χ2v) is 7.79. The number of carbonyl (C=O) groups excluding carboxylic acids is 1. The molecule has 1 aliphatic heterocycles. The van der Waals surface area contributed by atoms with Crippen molar-refractivity contribution in [3.63, 3.8) is 0 Å². The predicted molar refractivity (Wildman–Crippen MR) is 99.2 cm³/mol. The van der Waals surface area contributed by atoms with Gasteiger partial charge in [0.05, 0.1) is 5.54 Å². The summed E-state index contributed by atoms with van der Waals surface area (Å²) in [5.41, 5.74) is 0.761. The maximum atomic E-state index is 12.7. The standard InChI is InChI=1S/C21H32N2O/c1-2-18-11-15-23(16-12-18)17-21(13-7-4-8-14-21)22-20(24)19-9-5-3-6-10-19/h3,5-6,9-10,18H,2,4,7-8,11-17H2,1H3,(H,22,24). The summed E-state index contributed by atoms with van der Waals surface area (Å²) in [5, 5.41) is 3.44. The van der Waals surface area contributed by atoms with Crippen LogP contribution in [-0.2, 0) is 0 Å². The predicted octanol–water partition coefficient (Wildman–Crippen LogP) is 4.24. The fraction of sp³-hybridized carbons (Fsp3) is 0.667. The zero-order chi connectivity index (χ0) is 16.8. The van der Waals surface area contributed by atoms with Gasteiger partial charge in [-0.2, -0.15) is 0 Å². The maximum Gasteiger partial charge on any atom is 0.251 e. The Labute approximate surface area is 146 Å². The first-order valence-corrected chi connectivity index (χ1v) is 9.81. The van der Waals surface area contributed by atoms with Gasteiger partial charge in [0.25, 0.3) is 5.91 Å². The molecule has 3 nitrogen and oxygen atoms in total. The van der Waals surface area contributed by atoms with Crippen molar-refractivity contribution < 1.29 is 4.79 Å². The van der Waals surface area contributed by atoms with Gasteiger partial charge in [0.1, 0.15) is 0 Å². The number of nitrogens with one attached hydrogen (secondary N) is 1. The highest BCUT2D eigenvalue weighted by molar-refractivity contribution is 5.94. The highest BCUT2D eigenvalue weighted by Gasteiger charge is 2.36. The minimum atomic E-state index is -0.0236. The normalized spacial score (nSPS) is 22.2. The van der Waals surface area contributed by atoms with Crippen molar-refractivity contribution in [2.45, 2.75) is 63.8 Å². The second kappa shape index (κ2) is 8.15. The maximum absolute atomic E-state index is 12.7. The molecule has 1 aliphatic carbocycles. The molecular formula is C21H32N2O. The van der Waals surface area contributed by atoms with Gasteiger partial charge >= 0.3 is 0 Å². The Morgan fingerprint density at radius 1 is 1.12 bits per heavy atom. The molecule has 0 spiro atoms. The van der Waals surface area contributed by atoms with E-state index in [0.717, 1.165) is 30.9 Å². The minimum absolute atomic E-state index is 0.0236. The van der Waals surface area contributed by atoms with Crippen molar-refractivity contribution in [3.8, 4) is 0 Å². The summed E-state index contributed by atoms with van der Waals surface area (Å²) in [6.07, 6.45) is 9.97. The van der Waals surface area contributed by atoms with Gasteiger partial charge < -0.3 is 10.2 Å². The largest absolute Gasteiger partial charge is 0.345 e. The molecule has 1 heterocycles. The fourth-order valence-corrected chi connectivity index (χ4v) is 4.43. The molecule has 2 aliphatic rings. The lowest BCUT2D eigenvalue weighted by Crippen LogP contribution is -2.57. The first-order chi connectivity index (χ1) is 11.7. The van der Waals surface area contributed by atoms with Gasteiger partial charge in [0.15, 0.2) is 0 Å². The van der Waals surface area contributed by atoms with Crippen LogP contribution in [0.5, 0.6) is 0 Å². The number of amides is 1. The number of likely N-dealkylation sites (tertiary alicyclic amines) is 1. The lowest BCUT2D eigenvalue weighted by molar-refractivity contribution is 0.0752. The van der Waals surface area contributed by atoms with Crippen LogP contribution in [0.4, 0.5) is 0 Å². The van der Waals surface area contributed by atoms with Crippen molar-refractivity contribution >= 4 is 5.91 Å². The quantitative estimate of drug-likeness (QED) is 0.877. The van der Waals surface area contributed by atoms with E-state index in [0.29, 0.717) is 0 Å². The number of nitrogens with zero attached hydrogens (tertiary/aromatic N) is 1. The summed E-state index contributed by atoms with van der Waals surface area (Å²) in [6.45, 7) is 5.73. The van der Waals surface area contributed by atoms with E-state index in [2.05, 4.69) is 17.1 Å². The molecule has 0 unspecified atom stereocenters. The third kappa shape index (κ3) is 4.38. The van der Waals surface area contributed by atoms with Crippen molar-refractivity contribution in [3.05, 3.63) is 35.9 Å². The van der Waals surface area contributed by atoms with E-state index >= 15 is 0 Å². The topological polar surface area (TPSA) is 32.3 Å². The lowest BCUT2D eigenvalue weighted by Gasteiger charge is -2.43. The summed E-state index contributed by atoms with van der Waals surface area (Å²) in [5.74, 6) is 1.00. The van der Waals surface area contributed by atoms with Crippen molar-refractivity contribution in [1.82, 2.24) is 10.2 Å². The van der Waals surface area contributed by atoms with Gasteiger partial charge in [-0.15, -0.1) is 0 Å². The molecule has 1 aromatic carbocycles. The van der Waals surface area contributed by atoms with Crippen LogP contribution in [0.2, 0.25) is 0 Å². The van der Waals surface area contributed by atoms with Gasteiger partial charge in [-0.25, -0.2) is 0 Å². The van der Waals surface area contributed by atoms with Gasteiger partial charge in [-0.3, -0.25) is 4.79 Å². The Kier molecular flexibility index (Phi) is 5.94. The van der Waals surface area contributed by atoms with Crippen LogP contribution in [0, 0.1) is 5.92 Å². The van der Waals surface area contributed by atoms with Gasteiger partial charge in [0, 0.05) is 12.1 Å². The Balaban J connectivity index is 1.65. The van der Waals surface area contributed by atoms with E-state index < -0.39 is 0 Å². The molecule has 132 valence electrons. The Hall–Kier alpha value is -1.35. The monoisotopic (exact) mass is 328 g/mol. The molecular weight excluding hydrogens is 296 g/mol. The minimum Gasteiger partial charge on any atom is -0.345 e. The number of rotatable bonds is 5. The second-order valence-electron chi connectivity index (χ2n) is 7.79. The number of hydrogen-bond acceptors (Lipinski definition) is 2. The molecule has 1 amide bonds. The number of hydrogen-bond donors (Lipinski definition) is 1. The van der Waals surface area contributed by atoms with Crippen LogP contribution in [0.25, 0.3) is 0 Å².